The first-order valence-corrected chi connectivity index (χ1v) is 10.3. The van der Waals surface area contributed by atoms with Crippen molar-refractivity contribution in [3.63, 3.8) is 0 Å². The fourth-order valence-corrected chi connectivity index (χ4v) is 4.34. The summed E-state index contributed by atoms with van der Waals surface area (Å²) in [5.74, 6) is -0.00627. The van der Waals surface area contributed by atoms with E-state index in [-0.39, 0.29) is 5.56 Å². The Balaban J connectivity index is 2.25. The van der Waals surface area contributed by atoms with E-state index in [9.17, 15) is 9.59 Å². The van der Waals surface area contributed by atoms with Crippen molar-refractivity contribution >= 4 is 27.5 Å². The molecule has 1 aromatic carbocycles. The van der Waals surface area contributed by atoms with Crippen LogP contribution in [-0.4, -0.2) is 29.2 Å². The van der Waals surface area contributed by atoms with Gasteiger partial charge in [-0.05, 0) is 24.0 Å². The van der Waals surface area contributed by atoms with Gasteiger partial charge >= 0.3 is 0 Å². The maximum absolute atomic E-state index is 13.5. The molecule has 1 amide bonds. The van der Waals surface area contributed by atoms with E-state index >= 15 is 0 Å². The second kappa shape index (κ2) is 8.67. The molecule has 6 nitrogen and oxygen atoms in total. The highest BCUT2D eigenvalue weighted by molar-refractivity contribution is 7.17. The Morgan fingerprint density at radius 3 is 2.57 bits per heavy atom. The molecule has 1 atom stereocenters. The number of methoxy groups -OCH3 is 1. The van der Waals surface area contributed by atoms with Crippen LogP contribution in [0.2, 0.25) is 0 Å². The van der Waals surface area contributed by atoms with E-state index in [0.29, 0.717) is 35.5 Å². The normalized spacial score (nSPS) is 12.4. The monoisotopic (exact) mass is 399 g/mol. The maximum atomic E-state index is 13.5. The SMILES string of the molecule is CCc1ccc(-c2csc3nc(CCOC)n(C(CC)C(N)=O)c(=O)c23)cc1. The number of amides is 1. The van der Waals surface area contributed by atoms with Gasteiger partial charge in [0.1, 0.15) is 16.7 Å². The Morgan fingerprint density at radius 2 is 2.00 bits per heavy atom. The highest BCUT2D eigenvalue weighted by Gasteiger charge is 2.24. The molecule has 0 saturated heterocycles. The number of hydrogen-bond donors (Lipinski definition) is 1. The zero-order valence-electron chi connectivity index (χ0n) is 16.4. The van der Waals surface area contributed by atoms with Crippen LogP contribution < -0.4 is 11.3 Å². The Labute approximate surface area is 168 Å². The van der Waals surface area contributed by atoms with Gasteiger partial charge in [-0.25, -0.2) is 4.98 Å². The van der Waals surface area contributed by atoms with Crippen molar-refractivity contribution in [1.82, 2.24) is 9.55 Å². The lowest BCUT2D eigenvalue weighted by Gasteiger charge is -2.19. The number of benzene rings is 1. The van der Waals surface area contributed by atoms with E-state index < -0.39 is 11.9 Å². The lowest BCUT2D eigenvalue weighted by atomic mass is 10.0. The quantitative estimate of drug-likeness (QED) is 0.629. The van der Waals surface area contributed by atoms with Gasteiger partial charge in [-0.1, -0.05) is 38.1 Å². The molecule has 2 aromatic heterocycles. The second-order valence-electron chi connectivity index (χ2n) is 6.65. The zero-order chi connectivity index (χ0) is 20.3. The van der Waals surface area contributed by atoms with Crippen LogP contribution in [0.4, 0.5) is 0 Å². The molecule has 148 valence electrons. The molecule has 7 heteroatoms. The van der Waals surface area contributed by atoms with Crippen molar-refractivity contribution in [1.29, 1.82) is 0 Å². The molecule has 3 rings (SSSR count). The number of carbonyl (C=O) groups is 1. The molecule has 0 saturated carbocycles. The van der Waals surface area contributed by atoms with Gasteiger partial charge in [0.05, 0.1) is 12.0 Å². The first kappa shape index (κ1) is 20.2. The van der Waals surface area contributed by atoms with E-state index in [1.54, 1.807) is 7.11 Å². The molecule has 0 aliphatic carbocycles. The topological polar surface area (TPSA) is 87.2 Å². The summed E-state index contributed by atoms with van der Waals surface area (Å²) in [6.07, 6.45) is 1.82. The van der Waals surface area contributed by atoms with Gasteiger partial charge in [0.25, 0.3) is 5.56 Å². The fraction of sp³-hybridized carbons (Fsp3) is 0.381. The average molecular weight is 400 g/mol. The van der Waals surface area contributed by atoms with Crippen LogP contribution in [0.3, 0.4) is 0 Å². The summed E-state index contributed by atoms with van der Waals surface area (Å²) < 4.78 is 6.61. The molecule has 0 fully saturated rings. The van der Waals surface area contributed by atoms with Crippen molar-refractivity contribution in [2.75, 3.05) is 13.7 Å². The highest BCUT2D eigenvalue weighted by atomic mass is 32.1. The molecule has 0 radical (unpaired) electrons. The first-order valence-electron chi connectivity index (χ1n) is 9.41. The van der Waals surface area contributed by atoms with Crippen LogP contribution in [0, 0.1) is 0 Å². The molecule has 2 N–H and O–H groups in total. The molecule has 0 spiro atoms. The molecule has 0 aliphatic heterocycles. The van der Waals surface area contributed by atoms with E-state index in [4.69, 9.17) is 15.5 Å². The van der Waals surface area contributed by atoms with E-state index in [1.807, 2.05) is 24.4 Å². The van der Waals surface area contributed by atoms with E-state index in [1.165, 1.54) is 21.5 Å². The lowest BCUT2D eigenvalue weighted by molar-refractivity contribution is -0.121. The van der Waals surface area contributed by atoms with Crippen LogP contribution in [0.1, 0.15) is 37.7 Å². The Morgan fingerprint density at radius 1 is 1.29 bits per heavy atom. The van der Waals surface area contributed by atoms with Crippen LogP contribution in [0.5, 0.6) is 0 Å². The van der Waals surface area contributed by atoms with Crippen molar-refractivity contribution in [3.05, 3.63) is 51.4 Å². The number of fused-ring (bicyclic) bond motifs is 1. The average Bonchev–Trinajstić information content (AvgIpc) is 3.12. The van der Waals surface area contributed by atoms with Crippen LogP contribution in [0.25, 0.3) is 21.3 Å². The zero-order valence-corrected chi connectivity index (χ0v) is 17.2. The molecular weight excluding hydrogens is 374 g/mol. The minimum atomic E-state index is -0.730. The minimum absolute atomic E-state index is 0.224. The van der Waals surface area contributed by atoms with Gasteiger partial charge in [0, 0.05) is 24.5 Å². The minimum Gasteiger partial charge on any atom is -0.384 e. The Kier molecular flexibility index (Phi) is 6.26. The number of nitrogens with zero attached hydrogens (tertiary/aromatic N) is 2. The third kappa shape index (κ3) is 3.72. The smallest absolute Gasteiger partial charge is 0.263 e. The number of hydrogen-bond acceptors (Lipinski definition) is 5. The van der Waals surface area contributed by atoms with Crippen molar-refractivity contribution in [2.24, 2.45) is 5.73 Å². The number of aryl methyl sites for hydroxylation is 1. The number of thiophene rings is 1. The molecule has 28 heavy (non-hydrogen) atoms. The molecule has 1 unspecified atom stereocenters. The third-order valence-electron chi connectivity index (χ3n) is 4.94. The van der Waals surface area contributed by atoms with Gasteiger partial charge in [0.2, 0.25) is 5.91 Å². The largest absolute Gasteiger partial charge is 0.384 e. The van der Waals surface area contributed by atoms with Gasteiger partial charge in [-0.15, -0.1) is 11.3 Å². The highest BCUT2D eigenvalue weighted by Crippen LogP contribution is 2.32. The molecule has 0 aliphatic rings. The van der Waals surface area contributed by atoms with Crippen LogP contribution >= 0.6 is 11.3 Å². The summed E-state index contributed by atoms with van der Waals surface area (Å²) in [4.78, 5) is 30.9. The predicted octanol–water partition coefficient (Wildman–Crippen LogP) is 3.31. The number of ether oxygens (including phenoxy) is 1. The molecule has 2 heterocycles. The number of primary amides is 1. The first-order chi connectivity index (χ1) is 13.5. The summed E-state index contributed by atoms with van der Waals surface area (Å²) in [6, 6.07) is 7.45. The third-order valence-corrected chi connectivity index (χ3v) is 5.81. The second-order valence-corrected chi connectivity index (χ2v) is 7.51. The van der Waals surface area contributed by atoms with Gasteiger partial charge < -0.3 is 10.5 Å². The molecule has 3 aromatic rings. The van der Waals surface area contributed by atoms with Crippen LogP contribution in [0.15, 0.2) is 34.4 Å². The lowest BCUT2D eigenvalue weighted by Crippen LogP contribution is -2.36. The molecular formula is C21H25N3O3S. The number of rotatable bonds is 8. The maximum Gasteiger partial charge on any atom is 0.263 e. The summed E-state index contributed by atoms with van der Waals surface area (Å²) in [6.45, 7) is 4.35. The van der Waals surface area contributed by atoms with Crippen molar-refractivity contribution < 1.29 is 9.53 Å². The summed E-state index contributed by atoms with van der Waals surface area (Å²) in [5.41, 5.74) is 8.41. The fourth-order valence-electron chi connectivity index (χ4n) is 3.38. The van der Waals surface area contributed by atoms with Gasteiger partial charge in [0.15, 0.2) is 0 Å². The standard InChI is InChI=1S/C21H25N3O3S/c1-4-13-6-8-14(9-7-13)15-12-28-20-18(15)21(26)24(16(5-2)19(22)25)17(23-20)10-11-27-3/h6-9,12,16H,4-5,10-11H2,1-3H3,(H2,22,25). The van der Waals surface area contributed by atoms with Gasteiger partial charge in [-0.2, -0.15) is 0 Å². The summed E-state index contributed by atoms with van der Waals surface area (Å²) in [5, 5.41) is 2.49. The summed E-state index contributed by atoms with van der Waals surface area (Å²) in [7, 11) is 1.59. The Hall–Kier alpha value is -2.51. The number of carbonyl (C=O) groups excluding carboxylic acids is 1. The van der Waals surface area contributed by atoms with Crippen molar-refractivity contribution in [3.8, 4) is 11.1 Å². The van der Waals surface area contributed by atoms with Gasteiger partial charge in [-0.3, -0.25) is 14.2 Å². The van der Waals surface area contributed by atoms with E-state index in [2.05, 4.69) is 19.1 Å². The predicted molar refractivity (Wildman–Crippen MR) is 113 cm³/mol. The summed E-state index contributed by atoms with van der Waals surface area (Å²) >= 11 is 1.44. The van der Waals surface area contributed by atoms with E-state index in [0.717, 1.165) is 17.5 Å². The van der Waals surface area contributed by atoms with Crippen molar-refractivity contribution in [2.45, 2.75) is 39.2 Å². The van der Waals surface area contributed by atoms with Crippen LogP contribution in [-0.2, 0) is 22.4 Å². The molecule has 0 bridgehead atoms. The number of aromatic nitrogens is 2. The Bertz CT molecular complexity index is 1040. The number of nitrogens with two attached hydrogens (primary N) is 1.